The number of aryl methyl sites for hydroxylation is 1. The third-order valence-electron chi connectivity index (χ3n) is 9.90. The quantitative estimate of drug-likeness (QED) is 0.189. The van der Waals surface area contributed by atoms with E-state index in [1.807, 2.05) is 55.2 Å². The zero-order valence-electron chi connectivity index (χ0n) is 31.3. The van der Waals surface area contributed by atoms with Crippen molar-refractivity contribution in [2.75, 3.05) is 43.1 Å². The maximum atomic E-state index is 14.5. The Balaban J connectivity index is 1.20. The van der Waals surface area contributed by atoms with Crippen molar-refractivity contribution in [3.63, 3.8) is 0 Å². The number of carbonyl (C=O) groups excluding carboxylic acids is 2. The smallest absolute Gasteiger partial charge is 0.416 e. The van der Waals surface area contributed by atoms with Crippen LogP contribution in [0.3, 0.4) is 0 Å². The monoisotopic (exact) mass is 805 g/mol. The molecule has 2 aliphatic heterocycles. The van der Waals surface area contributed by atoms with Crippen LogP contribution in [0.2, 0.25) is 5.02 Å². The molecule has 0 spiro atoms. The average Bonchev–Trinajstić information content (AvgIpc) is 3.66. The number of nitrogens with one attached hydrogen (secondary N) is 1. The standard InChI is InChI=1S/C39H39ClF3N9O5/c1-4-30-33(50-15-14-49(19-23(50)2)36(54)32-34(24(3)44-22-45-32)57-21-25-8-6-5-7-9-25)37(55)52-38(47-35(48-52)26-12-16-56-17-13-26)51(30)20-31(53)46-29-11-10-27(18-28(29)40)39(41,42)43/h5-12,18,22-23H,4,13-17,19-21H2,1-3H3,(H,46,53)/t23-/m0/s1. The number of amides is 2. The van der Waals surface area contributed by atoms with Gasteiger partial charge >= 0.3 is 6.18 Å². The van der Waals surface area contributed by atoms with E-state index in [0.29, 0.717) is 49.0 Å². The van der Waals surface area contributed by atoms with E-state index < -0.39 is 23.2 Å². The molecule has 57 heavy (non-hydrogen) atoms. The minimum Gasteiger partial charge on any atom is -0.485 e. The van der Waals surface area contributed by atoms with Crippen LogP contribution in [0.1, 0.15) is 59.1 Å². The number of nitrogens with zero attached hydrogens (tertiary/aromatic N) is 8. The second-order valence-corrected chi connectivity index (χ2v) is 14.1. The van der Waals surface area contributed by atoms with Gasteiger partial charge < -0.3 is 29.2 Å². The lowest BCUT2D eigenvalue weighted by Crippen LogP contribution is -2.55. The summed E-state index contributed by atoms with van der Waals surface area (Å²) in [5, 5.41) is 6.92. The maximum absolute atomic E-state index is 14.5. The molecule has 5 heterocycles. The van der Waals surface area contributed by atoms with E-state index in [1.54, 1.807) is 16.4 Å². The van der Waals surface area contributed by atoms with Crippen LogP contribution in [0.4, 0.5) is 24.5 Å². The molecule has 0 saturated carbocycles. The minimum atomic E-state index is -4.61. The summed E-state index contributed by atoms with van der Waals surface area (Å²) in [6.07, 6.45) is -0.640. The van der Waals surface area contributed by atoms with Crippen LogP contribution in [0, 0.1) is 6.92 Å². The topological polar surface area (TPSA) is 149 Å². The Labute approximate surface area is 329 Å². The highest BCUT2D eigenvalue weighted by molar-refractivity contribution is 6.33. The van der Waals surface area contributed by atoms with E-state index in [-0.39, 0.29) is 72.6 Å². The number of ether oxygens (including phenoxy) is 2. The summed E-state index contributed by atoms with van der Waals surface area (Å²) in [4.78, 5) is 59.0. The SMILES string of the molecule is CCc1c(N2CCN(C(=O)c3ncnc(C)c3OCc3ccccc3)C[C@@H]2C)c(=O)n2nc(C3=CCOCC3)nc2n1CC(=O)Nc1ccc(C(F)(F)F)cc1Cl. The predicted octanol–water partition coefficient (Wildman–Crippen LogP) is 5.60. The van der Waals surface area contributed by atoms with Gasteiger partial charge in [-0.25, -0.2) is 9.97 Å². The molecule has 18 heteroatoms. The third kappa shape index (κ3) is 8.20. The Morgan fingerprint density at radius 3 is 2.58 bits per heavy atom. The largest absolute Gasteiger partial charge is 0.485 e. The number of benzene rings is 2. The fourth-order valence-electron chi connectivity index (χ4n) is 7.03. The number of hydrogen-bond donors (Lipinski definition) is 1. The molecule has 0 radical (unpaired) electrons. The van der Waals surface area contributed by atoms with Gasteiger partial charge in [0.05, 0.1) is 40.9 Å². The first-order chi connectivity index (χ1) is 27.3. The number of fused-ring (bicyclic) bond motifs is 1. The molecule has 298 valence electrons. The molecule has 1 fully saturated rings. The number of aromatic nitrogens is 6. The predicted molar refractivity (Wildman–Crippen MR) is 205 cm³/mol. The van der Waals surface area contributed by atoms with Crippen LogP contribution in [0.25, 0.3) is 11.4 Å². The van der Waals surface area contributed by atoms with Crippen LogP contribution in [0.15, 0.2) is 65.7 Å². The Morgan fingerprint density at radius 2 is 1.89 bits per heavy atom. The Bertz CT molecular complexity index is 2420. The first-order valence-corrected chi connectivity index (χ1v) is 18.7. The van der Waals surface area contributed by atoms with Crippen molar-refractivity contribution in [2.45, 2.75) is 59.0 Å². The fraction of sp³-hybridized carbons (Fsp3) is 0.359. The lowest BCUT2D eigenvalue weighted by molar-refractivity contribution is -0.137. The van der Waals surface area contributed by atoms with Crippen molar-refractivity contribution in [1.29, 1.82) is 0 Å². The summed E-state index contributed by atoms with van der Waals surface area (Å²) >= 11 is 6.17. The Hall–Kier alpha value is -5.81. The highest BCUT2D eigenvalue weighted by Crippen LogP contribution is 2.34. The molecular formula is C39H39ClF3N9O5. The number of halogens is 4. The molecule has 3 aromatic heterocycles. The van der Waals surface area contributed by atoms with Gasteiger partial charge in [0.2, 0.25) is 11.7 Å². The maximum Gasteiger partial charge on any atom is 0.416 e. The summed E-state index contributed by atoms with van der Waals surface area (Å²) in [6.45, 7) is 6.84. The summed E-state index contributed by atoms with van der Waals surface area (Å²) in [5.41, 5.74) is 1.70. The molecule has 1 N–H and O–H groups in total. The summed E-state index contributed by atoms with van der Waals surface area (Å²) in [6, 6.07) is 11.8. The van der Waals surface area contributed by atoms with Crippen molar-refractivity contribution in [2.24, 2.45) is 0 Å². The highest BCUT2D eigenvalue weighted by Gasteiger charge is 2.35. The fourth-order valence-corrected chi connectivity index (χ4v) is 7.26. The minimum absolute atomic E-state index is 0.0126. The van der Waals surface area contributed by atoms with E-state index in [4.69, 9.17) is 26.1 Å². The molecule has 0 unspecified atom stereocenters. The molecule has 2 aromatic carbocycles. The molecular weight excluding hydrogens is 767 g/mol. The van der Waals surface area contributed by atoms with Gasteiger partial charge in [-0.3, -0.25) is 14.4 Å². The number of hydrogen-bond acceptors (Lipinski definition) is 10. The van der Waals surface area contributed by atoms with Gasteiger partial charge in [-0.05, 0) is 56.0 Å². The first kappa shape index (κ1) is 39.4. The van der Waals surface area contributed by atoms with Crippen LogP contribution in [-0.4, -0.2) is 84.7 Å². The normalized spacial score (nSPS) is 16.1. The summed E-state index contributed by atoms with van der Waals surface area (Å²) in [5.74, 6) is -0.251. The molecule has 0 bridgehead atoms. The number of alkyl halides is 3. The zero-order chi connectivity index (χ0) is 40.4. The number of piperazine rings is 1. The van der Waals surface area contributed by atoms with Crippen molar-refractivity contribution in [3.05, 3.63) is 110 Å². The average molecular weight is 806 g/mol. The van der Waals surface area contributed by atoms with Crippen LogP contribution >= 0.6 is 11.6 Å². The molecule has 7 rings (SSSR count). The van der Waals surface area contributed by atoms with Gasteiger partial charge in [0.1, 0.15) is 25.2 Å². The van der Waals surface area contributed by atoms with Crippen molar-refractivity contribution in [1.82, 2.24) is 34.0 Å². The number of carbonyl (C=O) groups is 2. The van der Waals surface area contributed by atoms with E-state index in [9.17, 15) is 27.6 Å². The van der Waals surface area contributed by atoms with Crippen molar-refractivity contribution < 1.29 is 32.2 Å². The zero-order valence-corrected chi connectivity index (χ0v) is 32.1. The molecule has 1 saturated heterocycles. The highest BCUT2D eigenvalue weighted by atomic mass is 35.5. The first-order valence-electron chi connectivity index (χ1n) is 18.3. The second kappa shape index (κ2) is 16.3. The lowest BCUT2D eigenvalue weighted by atomic mass is 10.1. The molecule has 2 aliphatic rings. The van der Waals surface area contributed by atoms with Crippen LogP contribution in [0.5, 0.6) is 5.75 Å². The van der Waals surface area contributed by atoms with E-state index in [0.717, 1.165) is 29.3 Å². The summed E-state index contributed by atoms with van der Waals surface area (Å²) < 4.78 is 54.2. The van der Waals surface area contributed by atoms with Crippen molar-refractivity contribution in [3.8, 4) is 5.75 Å². The Morgan fingerprint density at radius 1 is 1.11 bits per heavy atom. The number of anilines is 2. The molecule has 5 aromatic rings. The molecule has 14 nitrogen and oxygen atoms in total. The van der Waals surface area contributed by atoms with Gasteiger partial charge in [0.25, 0.3) is 11.5 Å². The van der Waals surface area contributed by atoms with Gasteiger partial charge in [0, 0.05) is 25.7 Å². The lowest BCUT2D eigenvalue weighted by Gasteiger charge is -2.41. The van der Waals surface area contributed by atoms with Crippen LogP contribution < -0.4 is 20.5 Å². The number of rotatable bonds is 10. The van der Waals surface area contributed by atoms with Crippen molar-refractivity contribution >= 4 is 46.1 Å². The third-order valence-corrected chi connectivity index (χ3v) is 10.2. The van der Waals surface area contributed by atoms with Crippen LogP contribution in [-0.2, 0) is 35.3 Å². The van der Waals surface area contributed by atoms with Gasteiger partial charge in [-0.2, -0.15) is 22.7 Å². The molecule has 0 aliphatic carbocycles. The second-order valence-electron chi connectivity index (χ2n) is 13.7. The Kier molecular flexibility index (Phi) is 11.3. The van der Waals surface area contributed by atoms with Gasteiger partial charge in [0.15, 0.2) is 17.3 Å². The van der Waals surface area contributed by atoms with Gasteiger partial charge in [-0.15, -0.1) is 5.10 Å². The van der Waals surface area contributed by atoms with E-state index in [1.165, 1.54) is 10.8 Å². The van der Waals surface area contributed by atoms with E-state index >= 15 is 0 Å². The summed E-state index contributed by atoms with van der Waals surface area (Å²) in [7, 11) is 0. The molecule has 1 atom stereocenters. The van der Waals surface area contributed by atoms with Gasteiger partial charge in [-0.1, -0.05) is 54.9 Å². The molecule has 2 amide bonds. The van der Waals surface area contributed by atoms with E-state index in [2.05, 4.69) is 20.4 Å².